The lowest BCUT2D eigenvalue weighted by molar-refractivity contribution is 0.414. The standard InChI is InChI=1S/C24H23N3OS/c1-17-7-6-9-20(15-17)23-25-26-24(27(23)22-10-5-4-8-18(22)2)29-16-19-11-13-21(28-3)14-12-19/h4-15H,16H2,1-3H3. The van der Waals surface area contributed by atoms with Crippen molar-refractivity contribution in [2.24, 2.45) is 0 Å². The molecule has 0 saturated heterocycles. The van der Waals surface area contributed by atoms with Crippen LogP contribution in [0.3, 0.4) is 0 Å². The van der Waals surface area contributed by atoms with Crippen LogP contribution in [0.4, 0.5) is 0 Å². The molecule has 1 aromatic heterocycles. The Balaban J connectivity index is 1.72. The fourth-order valence-electron chi connectivity index (χ4n) is 3.24. The maximum Gasteiger partial charge on any atom is 0.196 e. The van der Waals surface area contributed by atoms with Gasteiger partial charge in [0.25, 0.3) is 0 Å². The van der Waals surface area contributed by atoms with E-state index < -0.39 is 0 Å². The van der Waals surface area contributed by atoms with Gasteiger partial charge in [-0.25, -0.2) is 0 Å². The van der Waals surface area contributed by atoms with Crippen LogP contribution in [0.5, 0.6) is 5.75 Å². The van der Waals surface area contributed by atoms with E-state index in [1.807, 2.05) is 12.1 Å². The number of aryl methyl sites for hydroxylation is 2. The van der Waals surface area contributed by atoms with Gasteiger partial charge in [0.15, 0.2) is 11.0 Å². The molecule has 0 unspecified atom stereocenters. The zero-order valence-corrected chi connectivity index (χ0v) is 17.6. The van der Waals surface area contributed by atoms with Gasteiger partial charge in [-0.05, 0) is 49.2 Å². The first-order chi connectivity index (χ1) is 14.2. The van der Waals surface area contributed by atoms with Gasteiger partial charge >= 0.3 is 0 Å². The number of ether oxygens (including phenoxy) is 1. The first kappa shape index (κ1) is 19.3. The Labute approximate surface area is 175 Å². The average Bonchev–Trinajstić information content (AvgIpc) is 3.17. The number of rotatable bonds is 6. The smallest absolute Gasteiger partial charge is 0.196 e. The summed E-state index contributed by atoms with van der Waals surface area (Å²) in [6.45, 7) is 4.21. The predicted octanol–water partition coefficient (Wildman–Crippen LogP) is 5.85. The second-order valence-electron chi connectivity index (χ2n) is 6.93. The number of aromatic nitrogens is 3. The Bertz CT molecular complexity index is 1120. The van der Waals surface area contributed by atoms with Crippen LogP contribution in [-0.4, -0.2) is 21.9 Å². The molecule has 5 heteroatoms. The van der Waals surface area contributed by atoms with Gasteiger partial charge < -0.3 is 4.74 Å². The third-order valence-corrected chi connectivity index (χ3v) is 5.79. The summed E-state index contributed by atoms with van der Waals surface area (Å²) >= 11 is 1.69. The molecule has 3 aromatic carbocycles. The normalized spacial score (nSPS) is 10.9. The molecule has 0 radical (unpaired) electrons. The highest BCUT2D eigenvalue weighted by atomic mass is 32.2. The van der Waals surface area contributed by atoms with Crippen LogP contribution in [0.15, 0.2) is 78.0 Å². The van der Waals surface area contributed by atoms with Crippen LogP contribution in [0.1, 0.15) is 16.7 Å². The second-order valence-corrected chi connectivity index (χ2v) is 7.88. The molecule has 0 fully saturated rings. The summed E-state index contributed by atoms with van der Waals surface area (Å²) in [6.07, 6.45) is 0. The maximum absolute atomic E-state index is 5.25. The summed E-state index contributed by atoms with van der Waals surface area (Å²) in [5.74, 6) is 2.53. The van der Waals surface area contributed by atoms with Crippen molar-refractivity contribution >= 4 is 11.8 Å². The SMILES string of the molecule is COc1ccc(CSc2nnc(-c3cccc(C)c3)n2-c2ccccc2C)cc1. The highest BCUT2D eigenvalue weighted by Crippen LogP contribution is 2.31. The minimum Gasteiger partial charge on any atom is -0.497 e. The van der Waals surface area contributed by atoms with Crippen LogP contribution in [0, 0.1) is 13.8 Å². The van der Waals surface area contributed by atoms with E-state index in [-0.39, 0.29) is 0 Å². The van der Waals surface area contributed by atoms with Crippen LogP contribution in [-0.2, 0) is 5.75 Å². The fourth-order valence-corrected chi connectivity index (χ4v) is 4.14. The lowest BCUT2D eigenvalue weighted by atomic mass is 10.1. The minimum atomic E-state index is 0.807. The second kappa shape index (κ2) is 8.53. The van der Waals surface area contributed by atoms with Gasteiger partial charge in [0, 0.05) is 11.3 Å². The molecular formula is C24H23N3OS. The van der Waals surface area contributed by atoms with Crippen molar-refractivity contribution in [3.63, 3.8) is 0 Å². The van der Waals surface area contributed by atoms with Crippen molar-refractivity contribution in [1.82, 2.24) is 14.8 Å². The summed E-state index contributed by atoms with van der Waals surface area (Å²) in [5.41, 5.74) is 5.78. The summed E-state index contributed by atoms with van der Waals surface area (Å²) < 4.78 is 7.42. The molecule has 1 heterocycles. The first-order valence-electron chi connectivity index (χ1n) is 9.50. The Morgan fingerprint density at radius 1 is 0.897 bits per heavy atom. The minimum absolute atomic E-state index is 0.807. The lowest BCUT2D eigenvalue weighted by Crippen LogP contribution is -2.02. The van der Waals surface area contributed by atoms with E-state index in [1.165, 1.54) is 16.7 Å². The summed E-state index contributed by atoms with van der Waals surface area (Å²) in [5, 5.41) is 9.98. The van der Waals surface area contributed by atoms with E-state index in [9.17, 15) is 0 Å². The molecule has 0 amide bonds. The number of nitrogens with zero attached hydrogens (tertiary/aromatic N) is 3. The number of para-hydroxylation sites is 1. The third kappa shape index (κ3) is 4.20. The highest BCUT2D eigenvalue weighted by molar-refractivity contribution is 7.98. The fraction of sp³-hybridized carbons (Fsp3) is 0.167. The number of thioether (sulfide) groups is 1. The van der Waals surface area contributed by atoms with Gasteiger partial charge in [0.1, 0.15) is 5.75 Å². The zero-order chi connectivity index (χ0) is 20.2. The molecule has 0 bridgehead atoms. The van der Waals surface area contributed by atoms with E-state index in [0.717, 1.165) is 33.7 Å². The highest BCUT2D eigenvalue weighted by Gasteiger charge is 2.17. The molecule has 0 saturated carbocycles. The van der Waals surface area contributed by atoms with Crippen LogP contribution in [0.2, 0.25) is 0 Å². The van der Waals surface area contributed by atoms with Gasteiger partial charge in [-0.15, -0.1) is 10.2 Å². The molecule has 29 heavy (non-hydrogen) atoms. The zero-order valence-electron chi connectivity index (χ0n) is 16.8. The van der Waals surface area contributed by atoms with Crippen molar-refractivity contribution in [2.45, 2.75) is 24.8 Å². The molecule has 4 nitrogen and oxygen atoms in total. The number of hydrogen-bond acceptors (Lipinski definition) is 4. The molecule has 4 rings (SSSR count). The van der Waals surface area contributed by atoms with Gasteiger partial charge in [-0.3, -0.25) is 4.57 Å². The van der Waals surface area contributed by atoms with E-state index >= 15 is 0 Å². The molecule has 0 aliphatic heterocycles. The first-order valence-corrected chi connectivity index (χ1v) is 10.5. The van der Waals surface area contributed by atoms with E-state index in [0.29, 0.717) is 0 Å². The van der Waals surface area contributed by atoms with E-state index in [4.69, 9.17) is 4.74 Å². The van der Waals surface area contributed by atoms with Crippen molar-refractivity contribution in [3.8, 4) is 22.8 Å². The lowest BCUT2D eigenvalue weighted by Gasteiger charge is -2.13. The van der Waals surface area contributed by atoms with Crippen LogP contribution in [0.25, 0.3) is 17.1 Å². The molecular weight excluding hydrogens is 378 g/mol. The maximum atomic E-state index is 5.25. The topological polar surface area (TPSA) is 39.9 Å². The molecule has 0 spiro atoms. The summed E-state index contributed by atoms with van der Waals surface area (Å²) in [7, 11) is 1.68. The van der Waals surface area contributed by atoms with Gasteiger partial charge in [0.2, 0.25) is 0 Å². The van der Waals surface area contributed by atoms with Gasteiger partial charge in [-0.2, -0.15) is 0 Å². The Kier molecular flexibility index (Phi) is 5.67. The van der Waals surface area contributed by atoms with Crippen LogP contribution < -0.4 is 4.74 Å². The Morgan fingerprint density at radius 3 is 2.41 bits per heavy atom. The Morgan fingerprint density at radius 2 is 1.69 bits per heavy atom. The Hall–Kier alpha value is -3.05. The van der Waals surface area contributed by atoms with Crippen molar-refractivity contribution in [2.75, 3.05) is 7.11 Å². The van der Waals surface area contributed by atoms with E-state index in [1.54, 1.807) is 18.9 Å². The molecule has 0 N–H and O–H groups in total. The monoisotopic (exact) mass is 401 g/mol. The van der Waals surface area contributed by atoms with Crippen LogP contribution >= 0.6 is 11.8 Å². The van der Waals surface area contributed by atoms with Crippen molar-refractivity contribution < 1.29 is 4.74 Å². The van der Waals surface area contributed by atoms with Crippen molar-refractivity contribution in [1.29, 1.82) is 0 Å². The van der Waals surface area contributed by atoms with Crippen molar-refractivity contribution in [3.05, 3.63) is 89.5 Å². The molecule has 146 valence electrons. The summed E-state index contributed by atoms with van der Waals surface area (Å²) in [4.78, 5) is 0. The van der Waals surface area contributed by atoms with E-state index in [2.05, 4.69) is 89.3 Å². The summed E-state index contributed by atoms with van der Waals surface area (Å²) in [6, 6.07) is 24.9. The van der Waals surface area contributed by atoms with Gasteiger partial charge in [-0.1, -0.05) is 65.9 Å². The average molecular weight is 402 g/mol. The quantitative estimate of drug-likeness (QED) is 0.380. The number of benzene rings is 3. The predicted molar refractivity (Wildman–Crippen MR) is 119 cm³/mol. The molecule has 0 aliphatic carbocycles. The largest absolute Gasteiger partial charge is 0.497 e. The molecule has 4 aromatic rings. The molecule has 0 atom stereocenters. The number of hydrogen-bond donors (Lipinski definition) is 0. The third-order valence-electron chi connectivity index (χ3n) is 4.79. The molecule has 0 aliphatic rings. The van der Waals surface area contributed by atoms with Gasteiger partial charge in [0.05, 0.1) is 12.8 Å². The number of methoxy groups -OCH3 is 1.